The molecule has 1 heteroatoms. The smallest absolute Gasteiger partial charge is 0.0702 e. The molecule has 60 valence electrons. The molecule has 0 amide bonds. The summed E-state index contributed by atoms with van der Waals surface area (Å²) in [6.07, 6.45) is 3.28. The van der Waals surface area contributed by atoms with Crippen molar-refractivity contribution in [1.82, 2.24) is 0 Å². The van der Waals surface area contributed by atoms with Crippen molar-refractivity contribution < 1.29 is 5.11 Å². The Morgan fingerprint density at radius 3 is 2.20 bits per heavy atom. The van der Waals surface area contributed by atoms with Gasteiger partial charge in [-0.3, -0.25) is 0 Å². The Morgan fingerprint density at radius 2 is 2.10 bits per heavy atom. The zero-order valence-corrected chi connectivity index (χ0v) is 7.22. The van der Waals surface area contributed by atoms with Gasteiger partial charge in [0.1, 0.15) is 0 Å². The molecule has 1 nitrogen and oxygen atoms in total. The van der Waals surface area contributed by atoms with Gasteiger partial charge in [-0.05, 0) is 18.8 Å². The summed E-state index contributed by atoms with van der Waals surface area (Å²) in [5, 5.41) is 9.83. The minimum absolute atomic E-state index is 0.315. The summed E-state index contributed by atoms with van der Waals surface area (Å²) >= 11 is 0. The molecule has 0 aromatic carbocycles. The first kappa shape index (κ1) is 9.70. The highest BCUT2D eigenvalue weighted by Crippen LogP contribution is 2.24. The second kappa shape index (κ2) is 3.77. The lowest BCUT2D eigenvalue weighted by molar-refractivity contribution is -0.00572. The molecule has 0 aromatic rings. The minimum Gasteiger partial charge on any atom is -0.389 e. The number of rotatable bonds is 4. The third kappa shape index (κ3) is 2.14. The standard InChI is InChI=1S/C9H18O/c1-5-7-9(10,6-2)8(3)4/h5,8,10H,1,6-7H2,2-4H3/t9-/m1/s1. The Balaban J connectivity index is 4.07. The number of aliphatic hydroxyl groups is 1. The lowest BCUT2D eigenvalue weighted by Crippen LogP contribution is -2.33. The van der Waals surface area contributed by atoms with Crippen LogP contribution in [0.25, 0.3) is 0 Å². The second-order valence-electron chi connectivity index (χ2n) is 3.10. The van der Waals surface area contributed by atoms with E-state index in [4.69, 9.17) is 0 Å². The Kier molecular flexibility index (Phi) is 3.66. The summed E-state index contributed by atoms with van der Waals surface area (Å²) in [4.78, 5) is 0. The van der Waals surface area contributed by atoms with Crippen molar-refractivity contribution >= 4 is 0 Å². The predicted molar refractivity (Wildman–Crippen MR) is 44.9 cm³/mol. The highest BCUT2D eigenvalue weighted by atomic mass is 16.3. The van der Waals surface area contributed by atoms with Crippen molar-refractivity contribution in [3.63, 3.8) is 0 Å². The van der Waals surface area contributed by atoms with Gasteiger partial charge >= 0.3 is 0 Å². The predicted octanol–water partition coefficient (Wildman–Crippen LogP) is 2.36. The van der Waals surface area contributed by atoms with E-state index in [9.17, 15) is 5.11 Å². The first-order valence-corrected chi connectivity index (χ1v) is 3.90. The zero-order valence-electron chi connectivity index (χ0n) is 7.22. The average Bonchev–Trinajstić information content (AvgIpc) is 1.88. The molecule has 0 fully saturated rings. The van der Waals surface area contributed by atoms with Crippen LogP contribution in [-0.2, 0) is 0 Å². The molecule has 0 aliphatic carbocycles. The summed E-state index contributed by atoms with van der Waals surface area (Å²) in [5.74, 6) is 0.315. The van der Waals surface area contributed by atoms with E-state index in [2.05, 4.69) is 6.58 Å². The average molecular weight is 142 g/mol. The van der Waals surface area contributed by atoms with Gasteiger partial charge in [-0.25, -0.2) is 0 Å². The van der Waals surface area contributed by atoms with Gasteiger partial charge in [0.25, 0.3) is 0 Å². The first-order valence-electron chi connectivity index (χ1n) is 3.90. The van der Waals surface area contributed by atoms with E-state index in [1.54, 1.807) is 6.08 Å². The Hall–Kier alpha value is -0.300. The first-order chi connectivity index (χ1) is 4.56. The fourth-order valence-corrected chi connectivity index (χ4v) is 1.04. The zero-order chi connectivity index (χ0) is 8.20. The lowest BCUT2D eigenvalue weighted by Gasteiger charge is -2.29. The largest absolute Gasteiger partial charge is 0.389 e. The summed E-state index contributed by atoms with van der Waals surface area (Å²) in [7, 11) is 0. The van der Waals surface area contributed by atoms with E-state index >= 15 is 0 Å². The highest BCUT2D eigenvalue weighted by Gasteiger charge is 2.26. The van der Waals surface area contributed by atoms with Crippen LogP contribution in [0.3, 0.4) is 0 Å². The van der Waals surface area contributed by atoms with Crippen LogP contribution in [0.5, 0.6) is 0 Å². The SMILES string of the molecule is C=CC[C@](O)(CC)C(C)C. The molecule has 0 radical (unpaired) electrons. The van der Waals surface area contributed by atoms with Gasteiger partial charge in [-0.15, -0.1) is 6.58 Å². The Morgan fingerprint density at radius 1 is 1.60 bits per heavy atom. The molecule has 0 rings (SSSR count). The molecule has 0 aliphatic heterocycles. The molecule has 0 aliphatic rings. The van der Waals surface area contributed by atoms with Crippen molar-refractivity contribution in [3.05, 3.63) is 12.7 Å². The Bertz CT molecular complexity index is 107. The molecule has 10 heavy (non-hydrogen) atoms. The lowest BCUT2D eigenvalue weighted by atomic mass is 9.85. The van der Waals surface area contributed by atoms with Crippen LogP contribution in [-0.4, -0.2) is 10.7 Å². The van der Waals surface area contributed by atoms with Crippen LogP contribution in [0.1, 0.15) is 33.6 Å². The van der Waals surface area contributed by atoms with E-state index in [0.717, 1.165) is 6.42 Å². The van der Waals surface area contributed by atoms with Gasteiger partial charge in [-0.2, -0.15) is 0 Å². The highest BCUT2D eigenvalue weighted by molar-refractivity contribution is 4.87. The monoisotopic (exact) mass is 142 g/mol. The molecule has 1 atom stereocenters. The van der Waals surface area contributed by atoms with Gasteiger partial charge < -0.3 is 5.11 Å². The molecule has 0 unspecified atom stereocenters. The van der Waals surface area contributed by atoms with Crippen molar-refractivity contribution in [3.8, 4) is 0 Å². The maximum atomic E-state index is 9.83. The van der Waals surface area contributed by atoms with Crippen LogP contribution in [0.15, 0.2) is 12.7 Å². The molecule has 0 heterocycles. The number of hydrogen-bond acceptors (Lipinski definition) is 1. The van der Waals surface area contributed by atoms with Gasteiger partial charge in [0, 0.05) is 0 Å². The summed E-state index contributed by atoms with van der Waals surface area (Å²) in [6, 6.07) is 0. The third-order valence-electron chi connectivity index (χ3n) is 2.18. The van der Waals surface area contributed by atoms with Gasteiger partial charge in [-0.1, -0.05) is 26.8 Å². The van der Waals surface area contributed by atoms with Gasteiger partial charge in [0.05, 0.1) is 5.60 Å². The van der Waals surface area contributed by atoms with Crippen LogP contribution in [0.2, 0.25) is 0 Å². The third-order valence-corrected chi connectivity index (χ3v) is 2.18. The Labute approximate surface area is 63.8 Å². The fraction of sp³-hybridized carbons (Fsp3) is 0.778. The quantitative estimate of drug-likeness (QED) is 0.597. The van der Waals surface area contributed by atoms with Crippen molar-refractivity contribution in [2.75, 3.05) is 0 Å². The van der Waals surface area contributed by atoms with E-state index in [-0.39, 0.29) is 0 Å². The van der Waals surface area contributed by atoms with E-state index in [1.807, 2.05) is 20.8 Å². The second-order valence-corrected chi connectivity index (χ2v) is 3.10. The van der Waals surface area contributed by atoms with E-state index in [1.165, 1.54) is 0 Å². The molecular formula is C9H18O. The topological polar surface area (TPSA) is 20.2 Å². The van der Waals surface area contributed by atoms with Crippen LogP contribution < -0.4 is 0 Å². The van der Waals surface area contributed by atoms with Crippen LogP contribution >= 0.6 is 0 Å². The molecule has 0 bridgehead atoms. The molecular weight excluding hydrogens is 124 g/mol. The fourth-order valence-electron chi connectivity index (χ4n) is 1.04. The van der Waals surface area contributed by atoms with Crippen molar-refractivity contribution in [2.45, 2.75) is 39.2 Å². The molecule has 1 N–H and O–H groups in total. The minimum atomic E-state index is -0.526. The van der Waals surface area contributed by atoms with Crippen LogP contribution in [0.4, 0.5) is 0 Å². The van der Waals surface area contributed by atoms with E-state index < -0.39 is 5.60 Å². The molecule has 0 saturated carbocycles. The van der Waals surface area contributed by atoms with E-state index in [0.29, 0.717) is 12.3 Å². The van der Waals surface area contributed by atoms with Gasteiger partial charge in [0.2, 0.25) is 0 Å². The van der Waals surface area contributed by atoms with Crippen LogP contribution in [0, 0.1) is 5.92 Å². The summed E-state index contributed by atoms with van der Waals surface area (Å²) < 4.78 is 0. The normalized spacial score (nSPS) is 16.9. The summed E-state index contributed by atoms with van der Waals surface area (Å²) in [5.41, 5.74) is -0.526. The number of hydrogen-bond donors (Lipinski definition) is 1. The molecule has 0 spiro atoms. The molecule has 0 aromatic heterocycles. The van der Waals surface area contributed by atoms with Crippen molar-refractivity contribution in [1.29, 1.82) is 0 Å². The molecule has 0 saturated heterocycles. The maximum Gasteiger partial charge on any atom is 0.0702 e. The van der Waals surface area contributed by atoms with Gasteiger partial charge in [0.15, 0.2) is 0 Å². The summed E-state index contributed by atoms with van der Waals surface area (Å²) in [6.45, 7) is 9.69. The maximum absolute atomic E-state index is 9.83. The van der Waals surface area contributed by atoms with Crippen molar-refractivity contribution in [2.24, 2.45) is 5.92 Å².